The first kappa shape index (κ1) is 17.3. The van der Waals surface area contributed by atoms with Gasteiger partial charge in [0.05, 0.1) is 6.54 Å². The lowest BCUT2D eigenvalue weighted by Crippen LogP contribution is -2.25. The molecule has 1 atom stereocenters. The zero-order valence-corrected chi connectivity index (χ0v) is 15.5. The second-order valence-electron chi connectivity index (χ2n) is 6.94. The standard InChI is InChI=1S/C21H22N4O2/c1-14-3-4-15(2)16(9-14)12-23-21(26)20-11-17-10-19(13-25(17)24-20)27-18-5-7-22-8-6-18/h3-9,11,19H,10,12-13H2,1-2H3,(H,23,26)/t19-/m0/s1. The first-order valence-electron chi connectivity index (χ1n) is 9.06. The molecular formula is C21H22N4O2. The summed E-state index contributed by atoms with van der Waals surface area (Å²) in [6.45, 7) is 5.24. The predicted molar refractivity (Wildman–Crippen MR) is 102 cm³/mol. The third kappa shape index (κ3) is 3.84. The molecule has 1 aromatic carbocycles. The molecule has 4 rings (SSSR count). The summed E-state index contributed by atoms with van der Waals surface area (Å²) < 4.78 is 7.80. The zero-order valence-electron chi connectivity index (χ0n) is 15.5. The minimum atomic E-state index is -0.149. The van der Waals surface area contributed by atoms with E-state index in [-0.39, 0.29) is 12.0 Å². The van der Waals surface area contributed by atoms with Crippen molar-refractivity contribution in [2.24, 2.45) is 0 Å². The summed E-state index contributed by atoms with van der Waals surface area (Å²) in [5.74, 6) is 0.650. The van der Waals surface area contributed by atoms with Crippen molar-refractivity contribution in [1.29, 1.82) is 0 Å². The van der Waals surface area contributed by atoms with Gasteiger partial charge in [-0.15, -0.1) is 0 Å². The van der Waals surface area contributed by atoms with Gasteiger partial charge in [0.15, 0.2) is 0 Å². The Labute approximate surface area is 158 Å². The maximum absolute atomic E-state index is 12.5. The van der Waals surface area contributed by atoms with Gasteiger partial charge in [-0.2, -0.15) is 5.10 Å². The SMILES string of the molecule is Cc1ccc(C)c(CNC(=O)c2cc3n(n2)C[C@@H](Oc2ccncc2)C3)c1. The molecule has 0 bridgehead atoms. The van der Waals surface area contributed by atoms with Crippen LogP contribution in [0.1, 0.15) is 32.9 Å². The Kier molecular flexibility index (Phi) is 4.62. The third-order valence-corrected chi connectivity index (χ3v) is 4.81. The molecule has 0 spiro atoms. The number of nitrogens with zero attached hydrogens (tertiary/aromatic N) is 3. The maximum Gasteiger partial charge on any atom is 0.272 e. The fraction of sp³-hybridized carbons (Fsp3) is 0.286. The number of ether oxygens (including phenoxy) is 1. The van der Waals surface area contributed by atoms with E-state index < -0.39 is 0 Å². The van der Waals surface area contributed by atoms with Crippen LogP contribution < -0.4 is 10.1 Å². The highest BCUT2D eigenvalue weighted by Crippen LogP contribution is 2.21. The molecule has 3 heterocycles. The van der Waals surface area contributed by atoms with Crippen LogP contribution in [-0.2, 0) is 19.5 Å². The van der Waals surface area contributed by atoms with E-state index in [1.54, 1.807) is 12.4 Å². The molecule has 3 aromatic rings. The average molecular weight is 362 g/mol. The number of nitrogens with one attached hydrogen (secondary N) is 1. The number of benzene rings is 1. The Morgan fingerprint density at radius 3 is 2.81 bits per heavy atom. The Morgan fingerprint density at radius 1 is 1.22 bits per heavy atom. The average Bonchev–Trinajstić information content (AvgIpc) is 3.21. The van der Waals surface area contributed by atoms with Crippen molar-refractivity contribution in [1.82, 2.24) is 20.1 Å². The summed E-state index contributed by atoms with van der Waals surface area (Å²) in [6.07, 6.45) is 4.18. The molecule has 1 aliphatic heterocycles. The summed E-state index contributed by atoms with van der Waals surface area (Å²) in [5.41, 5.74) is 4.96. The van der Waals surface area contributed by atoms with E-state index in [9.17, 15) is 4.79 Å². The third-order valence-electron chi connectivity index (χ3n) is 4.81. The highest BCUT2D eigenvalue weighted by Gasteiger charge is 2.26. The molecule has 0 unspecified atom stereocenters. The number of carbonyl (C=O) groups excluding carboxylic acids is 1. The van der Waals surface area contributed by atoms with Gasteiger partial charge in [-0.25, -0.2) is 0 Å². The zero-order chi connectivity index (χ0) is 18.8. The van der Waals surface area contributed by atoms with E-state index in [4.69, 9.17) is 4.74 Å². The van der Waals surface area contributed by atoms with Gasteiger partial charge in [0.1, 0.15) is 17.5 Å². The fourth-order valence-corrected chi connectivity index (χ4v) is 3.32. The first-order chi connectivity index (χ1) is 13.1. The van der Waals surface area contributed by atoms with Crippen LogP contribution in [0, 0.1) is 13.8 Å². The summed E-state index contributed by atoms with van der Waals surface area (Å²) >= 11 is 0. The topological polar surface area (TPSA) is 69.0 Å². The summed E-state index contributed by atoms with van der Waals surface area (Å²) in [6, 6.07) is 11.8. The molecule has 6 nitrogen and oxygen atoms in total. The number of hydrogen-bond donors (Lipinski definition) is 1. The summed E-state index contributed by atoms with van der Waals surface area (Å²) in [5, 5.41) is 7.42. The van der Waals surface area contributed by atoms with Crippen molar-refractivity contribution in [3.8, 4) is 5.75 Å². The Morgan fingerprint density at radius 2 is 2.04 bits per heavy atom. The van der Waals surface area contributed by atoms with Gasteiger partial charge in [0.2, 0.25) is 0 Å². The second-order valence-corrected chi connectivity index (χ2v) is 6.94. The number of amides is 1. The van der Waals surface area contributed by atoms with Crippen LogP contribution in [0.3, 0.4) is 0 Å². The number of rotatable bonds is 5. The molecule has 1 N–H and O–H groups in total. The number of fused-ring (bicyclic) bond motifs is 1. The van der Waals surface area contributed by atoms with Crippen molar-refractivity contribution in [3.63, 3.8) is 0 Å². The van der Waals surface area contributed by atoms with Gasteiger partial charge < -0.3 is 10.1 Å². The molecule has 1 aliphatic rings. The van der Waals surface area contributed by atoms with E-state index in [1.165, 1.54) is 11.1 Å². The monoisotopic (exact) mass is 362 g/mol. The molecule has 0 radical (unpaired) electrons. The molecular weight excluding hydrogens is 340 g/mol. The van der Waals surface area contributed by atoms with E-state index >= 15 is 0 Å². The van der Waals surface area contributed by atoms with Gasteiger partial charge >= 0.3 is 0 Å². The van der Waals surface area contributed by atoms with E-state index in [2.05, 4.69) is 47.4 Å². The molecule has 1 amide bonds. The van der Waals surface area contributed by atoms with Crippen LogP contribution in [0.15, 0.2) is 48.8 Å². The minimum Gasteiger partial charge on any atom is -0.488 e. The molecule has 138 valence electrons. The fourth-order valence-electron chi connectivity index (χ4n) is 3.32. The Bertz CT molecular complexity index is 942. The molecule has 2 aromatic heterocycles. The quantitative estimate of drug-likeness (QED) is 0.758. The van der Waals surface area contributed by atoms with Gasteiger partial charge in [-0.05, 0) is 43.2 Å². The number of hydrogen-bond acceptors (Lipinski definition) is 4. The van der Waals surface area contributed by atoms with Crippen molar-refractivity contribution in [2.45, 2.75) is 39.5 Å². The second kappa shape index (κ2) is 7.23. The maximum atomic E-state index is 12.5. The number of aromatic nitrogens is 3. The number of pyridine rings is 1. The normalized spacial score (nSPS) is 15.4. The highest BCUT2D eigenvalue weighted by atomic mass is 16.5. The smallest absolute Gasteiger partial charge is 0.272 e. The van der Waals surface area contributed by atoms with E-state index in [0.29, 0.717) is 18.8 Å². The minimum absolute atomic E-state index is 0.0296. The highest BCUT2D eigenvalue weighted by molar-refractivity contribution is 5.92. The van der Waals surface area contributed by atoms with Crippen LogP contribution >= 0.6 is 0 Å². The van der Waals surface area contributed by atoms with E-state index in [1.807, 2.05) is 22.9 Å². The van der Waals surface area contributed by atoms with Crippen LogP contribution in [0.5, 0.6) is 5.75 Å². The van der Waals surface area contributed by atoms with Gasteiger partial charge in [-0.3, -0.25) is 14.5 Å². The van der Waals surface area contributed by atoms with Crippen molar-refractivity contribution < 1.29 is 9.53 Å². The predicted octanol–water partition coefficient (Wildman–Crippen LogP) is 2.83. The largest absolute Gasteiger partial charge is 0.488 e. The molecule has 0 fully saturated rings. The van der Waals surface area contributed by atoms with Crippen LogP contribution in [-0.4, -0.2) is 26.8 Å². The van der Waals surface area contributed by atoms with Gasteiger partial charge in [-0.1, -0.05) is 23.8 Å². The summed E-state index contributed by atoms with van der Waals surface area (Å²) in [4.78, 5) is 16.5. The number of carbonyl (C=O) groups is 1. The molecule has 6 heteroatoms. The first-order valence-corrected chi connectivity index (χ1v) is 9.06. The molecule has 0 aliphatic carbocycles. The molecule has 0 saturated heterocycles. The lowest BCUT2D eigenvalue weighted by atomic mass is 10.1. The number of aryl methyl sites for hydroxylation is 2. The van der Waals surface area contributed by atoms with Gasteiger partial charge in [0, 0.05) is 31.1 Å². The van der Waals surface area contributed by atoms with Crippen LogP contribution in [0.25, 0.3) is 0 Å². The van der Waals surface area contributed by atoms with Gasteiger partial charge in [0.25, 0.3) is 5.91 Å². The van der Waals surface area contributed by atoms with Crippen LogP contribution in [0.2, 0.25) is 0 Å². The Hall–Kier alpha value is -3.15. The van der Waals surface area contributed by atoms with E-state index in [0.717, 1.165) is 23.4 Å². The lowest BCUT2D eigenvalue weighted by molar-refractivity contribution is 0.0944. The summed E-state index contributed by atoms with van der Waals surface area (Å²) in [7, 11) is 0. The van der Waals surface area contributed by atoms with Crippen molar-refractivity contribution in [3.05, 3.63) is 76.9 Å². The van der Waals surface area contributed by atoms with Crippen molar-refractivity contribution >= 4 is 5.91 Å². The lowest BCUT2D eigenvalue weighted by Gasteiger charge is -2.12. The molecule has 27 heavy (non-hydrogen) atoms. The van der Waals surface area contributed by atoms with Crippen LogP contribution in [0.4, 0.5) is 0 Å². The van der Waals surface area contributed by atoms with Crippen molar-refractivity contribution in [2.75, 3.05) is 0 Å². The Balaban J connectivity index is 1.36. The molecule has 0 saturated carbocycles.